The second kappa shape index (κ2) is 7.73. The zero-order valence-corrected chi connectivity index (χ0v) is 8.55. The molecule has 0 bridgehead atoms. The molecule has 2 heteroatoms. The molecule has 0 heterocycles. The van der Waals surface area contributed by atoms with Crippen LogP contribution in [0.25, 0.3) is 0 Å². The van der Waals surface area contributed by atoms with Crippen LogP contribution in [0.15, 0.2) is 0 Å². The van der Waals surface area contributed by atoms with E-state index < -0.39 is 0 Å². The van der Waals surface area contributed by atoms with Crippen LogP contribution in [0.2, 0.25) is 0 Å². The van der Waals surface area contributed by atoms with E-state index in [1.54, 1.807) is 0 Å². The van der Waals surface area contributed by atoms with Gasteiger partial charge in [-0.1, -0.05) is 13.3 Å². The molecule has 0 aromatic rings. The van der Waals surface area contributed by atoms with Gasteiger partial charge in [0, 0.05) is 6.42 Å². The Morgan fingerprint density at radius 2 is 1.55 bits per heavy atom. The number of carbonyl (C=O) groups excluding carboxylic acids is 1. The van der Waals surface area contributed by atoms with Crippen LogP contribution in [-0.2, 0) is 4.79 Å². The average Bonchev–Trinajstić information content (AvgIpc) is 1.79. The first-order chi connectivity index (χ1) is 4.91. The third-order valence-electron chi connectivity index (χ3n) is 0.676. The van der Waals surface area contributed by atoms with Crippen molar-refractivity contribution in [2.75, 3.05) is 28.2 Å². The fourth-order valence-corrected chi connectivity index (χ4v) is 0.287. The number of hydrogen-bond acceptors (Lipinski definition) is 1. The van der Waals surface area contributed by atoms with Crippen molar-refractivity contribution < 1.29 is 9.28 Å². The third kappa shape index (κ3) is 81.1. The number of aldehydes is 1. The van der Waals surface area contributed by atoms with Crippen molar-refractivity contribution in [2.45, 2.75) is 26.2 Å². The number of nitrogens with zero attached hydrogens (tertiary/aromatic N) is 1. The van der Waals surface area contributed by atoms with Gasteiger partial charge in [-0.15, -0.1) is 0 Å². The van der Waals surface area contributed by atoms with Gasteiger partial charge >= 0.3 is 0 Å². The molecular weight excluding hydrogens is 138 g/mol. The molecule has 11 heavy (non-hydrogen) atoms. The summed E-state index contributed by atoms with van der Waals surface area (Å²) in [6.45, 7) is 2.07. The minimum atomic E-state index is 0.733. The maximum atomic E-state index is 9.56. The van der Waals surface area contributed by atoms with E-state index >= 15 is 0 Å². The summed E-state index contributed by atoms with van der Waals surface area (Å²) in [6, 6.07) is 0. The Balaban J connectivity index is 0. The van der Waals surface area contributed by atoms with Crippen LogP contribution in [0.4, 0.5) is 0 Å². The van der Waals surface area contributed by atoms with Crippen LogP contribution in [0.5, 0.6) is 0 Å². The van der Waals surface area contributed by atoms with Crippen molar-refractivity contribution in [1.29, 1.82) is 0 Å². The highest BCUT2D eigenvalue weighted by molar-refractivity contribution is 5.48. The monoisotopic (exact) mass is 160 g/mol. The molecule has 0 N–H and O–H groups in total. The minimum Gasteiger partial charge on any atom is -0.333 e. The SMILES string of the molecule is CCCCC=O.C[N+](C)(C)C. The molecule has 0 unspecified atom stereocenters. The molecule has 0 saturated heterocycles. The largest absolute Gasteiger partial charge is 0.333 e. The van der Waals surface area contributed by atoms with Gasteiger partial charge in [0.25, 0.3) is 0 Å². The Morgan fingerprint density at radius 1 is 1.18 bits per heavy atom. The van der Waals surface area contributed by atoms with Crippen molar-refractivity contribution in [1.82, 2.24) is 0 Å². The lowest BCUT2D eigenvalue weighted by Gasteiger charge is -2.14. The summed E-state index contributed by atoms with van der Waals surface area (Å²) in [4.78, 5) is 9.56. The first-order valence-corrected chi connectivity index (χ1v) is 4.14. The molecule has 0 aliphatic carbocycles. The molecule has 0 amide bonds. The lowest BCUT2D eigenvalue weighted by atomic mass is 10.3. The molecule has 68 valence electrons. The summed E-state index contributed by atoms with van der Waals surface area (Å²) in [6.07, 6.45) is 3.86. The minimum absolute atomic E-state index is 0.733. The van der Waals surface area contributed by atoms with E-state index in [-0.39, 0.29) is 0 Å². The van der Waals surface area contributed by atoms with Gasteiger partial charge in [-0.25, -0.2) is 0 Å². The first-order valence-electron chi connectivity index (χ1n) is 4.14. The van der Waals surface area contributed by atoms with Crippen molar-refractivity contribution in [3.8, 4) is 0 Å². The van der Waals surface area contributed by atoms with Crippen molar-refractivity contribution in [3.63, 3.8) is 0 Å². The smallest absolute Gasteiger partial charge is 0.119 e. The van der Waals surface area contributed by atoms with Gasteiger partial charge in [-0.3, -0.25) is 0 Å². The molecule has 0 aliphatic heterocycles. The van der Waals surface area contributed by atoms with E-state index in [0.29, 0.717) is 0 Å². The highest BCUT2D eigenvalue weighted by Gasteiger charge is 1.88. The van der Waals surface area contributed by atoms with Crippen LogP contribution in [0.1, 0.15) is 26.2 Å². The van der Waals surface area contributed by atoms with Crippen molar-refractivity contribution in [2.24, 2.45) is 0 Å². The number of unbranched alkanes of at least 4 members (excludes halogenated alkanes) is 2. The molecule has 0 atom stereocenters. The molecule has 0 spiro atoms. The lowest BCUT2D eigenvalue weighted by Crippen LogP contribution is -2.27. The summed E-state index contributed by atoms with van der Waals surface area (Å²) in [5.41, 5.74) is 0. The molecule has 0 saturated carbocycles. The number of quaternary nitrogens is 1. The van der Waals surface area contributed by atoms with Gasteiger partial charge in [0.2, 0.25) is 0 Å². The van der Waals surface area contributed by atoms with Crippen molar-refractivity contribution in [3.05, 3.63) is 0 Å². The highest BCUT2D eigenvalue weighted by atomic mass is 16.1. The van der Waals surface area contributed by atoms with Gasteiger partial charge in [0.05, 0.1) is 28.2 Å². The fourth-order valence-electron chi connectivity index (χ4n) is 0.287. The molecular formula is C9H22NO+. The van der Waals surface area contributed by atoms with Crippen LogP contribution < -0.4 is 0 Å². The standard InChI is InChI=1S/C5H10O.C4H12N/c1-2-3-4-5-6;1-5(2,3)4/h5H,2-4H2,1H3;1-4H3/q;+1. The number of hydrogen-bond donors (Lipinski definition) is 0. The Kier molecular flexibility index (Phi) is 9.31. The molecule has 0 fully saturated rings. The highest BCUT2D eigenvalue weighted by Crippen LogP contribution is 1.87. The quantitative estimate of drug-likeness (QED) is 0.349. The van der Waals surface area contributed by atoms with Crippen LogP contribution in [0, 0.1) is 0 Å². The fraction of sp³-hybridized carbons (Fsp3) is 0.889. The van der Waals surface area contributed by atoms with E-state index in [9.17, 15) is 4.79 Å². The van der Waals surface area contributed by atoms with Gasteiger partial charge in [0.15, 0.2) is 0 Å². The second-order valence-electron chi connectivity index (χ2n) is 3.99. The Hall–Kier alpha value is -0.370. The van der Waals surface area contributed by atoms with Gasteiger partial charge in [0.1, 0.15) is 6.29 Å². The van der Waals surface area contributed by atoms with Gasteiger partial charge in [-0.05, 0) is 6.42 Å². The maximum Gasteiger partial charge on any atom is 0.119 e. The average molecular weight is 160 g/mol. The number of carbonyl (C=O) groups is 1. The zero-order valence-electron chi connectivity index (χ0n) is 8.55. The van der Waals surface area contributed by atoms with Crippen LogP contribution in [-0.4, -0.2) is 39.0 Å². The molecule has 0 aliphatic rings. The zero-order chi connectivity index (χ0) is 9.33. The van der Waals surface area contributed by atoms with Gasteiger partial charge in [-0.2, -0.15) is 0 Å². The molecule has 0 radical (unpaired) electrons. The summed E-state index contributed by atoms with van der Waals surface area (Å²) >= 11 is 0. The molecule has 0 rings (SSSR count). The van der Waals surface area contributed by atoms with Crippen LogP contribution in [0.3, 0.4) is 0 Å². The first kappa shape index (κ1) is 13.2. The summed E-state index contributed by atoms with van der Waals surface area (Å²) in [5.74, 6) is 0. The summed E-state index contributed by atoms with van der Waals surface area (Å²) in [5, 5.41) is 0. The molecule has 0 aromatic carbocycles. The Bertz CT molecular complexity index is 78.1. The van der Waals surface area contributed by atoms with Crippen LogP contribution >= 0.6 is 0 Å². The van der Waals surface area contributed by atoms with E-state index in [4.69, 9.17) is 0 Å². The van der Waals surface area contributed by atoms with E-state index in [2.05, 4.69) is 35.1 Å². The topological polar surface area (TPSA) is 17.1 Å². The molecule has 0 aromatic heterocycles. The predicted octanol–water partition coefficient (Wildman–Crippen LogP) is 1.70. The summed E-state index contributed by atoms with van der Waals surface area (Å²) < 4.78 is 1.00. The third-order valence-corrected chi connectivity index (χ3v) is 0.676. The maximum absolute atomic E-state index is 9.56. The predicted molar refractivity (Wildman–Crippen MR) is 49.5 cm³/mol. The van der Waals surface area contributed by atoms with Gasteiger partial charge < -0.3 is 9.28 Å². The van der Waals surface area contributed by atoms with E-state index in [1.165, 1.54) is 0 Å². The molecule has 2 nitrogen and oxygen atoms in total. The van der Waals surface area contributed by atoms with E-state index in [1.807, 2.05) is 0 Å². The Labute approximate surface area is 70.8 Å². The van der Waals surface area contributed by atoms with E-state index in [0.717, 1.165) is 30.0 Å². The second-order valence-corrected chi connectivity index (χ2v) is 3.99. The lowest BCUT2D eigenvalue weighted by molar-refractivity contribution is -0.849. The summed E-state index contributed by atoms with van der Waals surface area (Å²) in [7, 11) is 8.50. The normalized spacial score (nSPS) is 9.91. The number of rotatable bonds is 3. The Morgan fingerprint density at radius 3 is 1.64 bits per heavy atom. The van der Waals surface area contributed by atoms with Crippen molar-refractivity contribution >= 4 is 6.29 Å².